The van der Waals surface area contributed by atoms with Crippen LogP contribution in [-0.2, 0) is 10.0 Å². The summed E-state index contributed by atoms with van der Waals surface area (Å²) in [5, 5.41) is 7.39. The third-order valence-electron chi connectivity index (χ3n) is 1.84. The molecule has 1 aromatic heterocycles. The second-order valence-corrected chi connectivity index (χ2v) is 6.75. The first kappa shape index (κ1) is 14.5. The molecule has 0 radical (unpaired) electrons. The van der Waals surface area contributed by atoms with Crippen LogP contribution in [0.3, 0.4) is 0 Å². The lowest BCUT2D eigenvalue weighted by molar-refractivity contribution is 0.467. The van der Waals surface area contributed by atoms with Crippen molar-refractivity contribution < 1.29 is 8.42 Å². The van der Waals surface area contributed by atoms with Crippen molar-refractivity contribution in [1.82, 2.24) is 15.0 Å². The van der Waals surface area contributed by atoms with Crippen molar-refractivity contribution in [2.75, 3.05) is 12.5 Å². The molecule has 6 nitrogen and oxygen atoms in total. The van der Waals surface area contributed by atoms with Gasteiger partial charge in [-0.3, -0.25) is 0 Å². The lowest BCUT2D eigenvalue weighted by Gasteiger charge is -2.07. The zero-order chi connectivity index (χ0) is 13.1. The van der Waals surface area contributed by atoms with Gasteiger partial charge in [0.25, 0.3) is 0 Å². The highest BCUT2D eigenvalue weighted by molar-refractivity contribution is 8.38. The van der Waals surface area contributed by atoms with Crippen LogP contribution in [-0.4, -0.2) is 40.3 Å². The summed E-state index contributed by atoms with van der Waals surface area (Å²) >= 11 is 2.58. The first-order chi connectivity index (χ1) is 7.92. The molecule has 0 aliphatic carbocycles. The Morgan fingerprint density at radius 3 is 2.47 bits per heavy atom. The van der Waals surface area contributed by atoms with Crippen LogP contribution in [0.15, 0.2) is 15.6 Å². The number of hydrogen-bond donors (Lipinski definition) is 0. The van der Waals surface area contributed by atoms with E-state index in [1.54, 1.807) is 12.5 Å². The fourth-order valence-electron chi connectivity index (χ4n) is 1.08. The average molecular weight is 294 g/mol. The van der Waals surface area contributed by atoms with Crippen LogP contribution >= 0.6 is 23.5 Å². The van der Waals surface area contributed by atoms with Crippen molar-refractivity contribution in [3.63, 3.8) is 0 Å². The smallest absolute Gasteiger partial charge is 0.230 e. The zero-order valence-corrected chi connectivity index (χ0v) is 12.4. The van der Waals surface area contributed by atoms with E-state index in [2.05, 4.69) is 14.7 Å². The van der Waals surface area contributed by atoms with Gasteiger partial charge in [0.15, 0.2) is 5.03 Å². The van der Waals surface area contributed by atoms with E-state index in [0.717, 1.165) is 0 Å². The van der Waals surface area contributed by atoms with Gasteiger partial charge in [-0.05, 0) is 26.4 Å². The summed E-state index contributed by atoms with van der Waals surface area (Å²) in [6.45, 7) is 3.67. The Labute approximate surface area is 109 Å². The number of hydrogen-bond acceptors (Lipinski definition) is 6. The predicted molar refractivity (Wildman–Crippen MR) is 72.1 cm³/mol. The maximum absolute atomic E-state index is 12.0. The molecule has 0 saturated carbocycles. The number of thioether (sulfide) groups is 2. The third-order valence-corrected chi connectivity index (χ3v) is 5.20. The van der Waals surface area contributed by atoms with E-state index in [1.807, 2.05) is 13.8 Å². The molecule has 1 aromatic rings. The molecule has 0 unspecified atom stereocenters. The summed E-state index contributed by atoms with van der Waals surface area (Å²) in [5.74, 6) is 0. The molecule has 0 aliphatic rings. The molecule has 96 valence electrons. The Morgan fingerprint density at radius 2 is 2.00 bits per heavy atom. The zero-order valence-electron chi connectivity index (χ0n) is 9.98. The summed E-state index contributed by atoms with van der Waals surface area (Å²) in [6.07, 6.45) is 4.78. The van der Waals surface area contributed by atoms with Gasteiger partial charge in [-0.15, -0.1) is 33.0 Å². The fourth-order valence-corrected chi connectivity index (χ4v) is 3.88. The normalized spacial score (nSPS) is 11.8. The van der Waals surface area contributed by atoms with E-state index in [4.69, 9.17) is 0 Å². The van der Waals surface area contributed by atoms with Gasteiger partial charge in [-0.25, -0.2) is 4.68 Å². The Hall–Kier alpha value is -0.540. The molecule has 9 heteroatoms. The number of nitrogens with zero attached hydrogens (tertiary/aromatic N) is 4. The van der Waals surface area contributed by atoms with Crippen molar-refractivity contribution in [1.29, 1.82) is 0 Å². The first-order valence-electron chi connectivity index (χ1n) is 4.75. The van der Waals surface area contributed by atoms with Gasteiger partial charge in [0.1, 0.15) is 4.38 Å². The molecule has 0 atom stereocenters. The van der Waals surface area contributed by atoms with Crippen LogP contribution in [0.25, 0.3) is 0 Å². The Bertz CT molecular complexity index is 501. The minimum atomic E-state index is -3.73. The minimum absolute atomic E-state index is 0.0214. The van der Waals surface area contributed by atoms with Crippen molar-refractivity contribution >= 4 is 37.9 Å². The molecule has 1 rings (SSSR count). The molecule has 0 N–H and O–H groups in total. The highest BCUT2D eigenvalue weighted by atomic mass is 32.2. The van der Waals surface area contributed by atoms with Gasteiger partial charge in [0, 0.05) is 6.04 Å². The quantitative estimate of drug-likeness (QED) is 0.623. The average Bonchev–Trinajstić information content (AvgIpc) is 2.75. The van der Waals surface area contributed by atoms with Gasteiger partial charge in [0.2, 0.25) is 0 Å². The van der Waals surface area contributed by atoms with E-state index in [-0.39, 0.29) is 11.1 Å². The molecule has 0 aliphatic heterocycles. The number of rotatable bonds is 3. The molecule has 0 fully saturated rings. The van der Waals surface area contributed by atoms with Gasteiger partial charge >= 0.3 is 10.0 Å². The second-order valence-electron chi connectivity index (χ2n) is 3.35. The third kappa shape index (κ3) is 3.46. The van der Waals surface area contributed by atoms with Crippen molar-refractivity contribution in [2.24, 2.45) is 4.40 Å². The summed E-state index contributed by atoms with van der Waals surface area (Å²) in [6, 6.07) is -0.0792. The van der Waals surface area contributed by atoms with Crippen LogP contribution in [0.1, 0.15) is 19.9 Å². The topological polar surface area (TPSA) is 77.2 Å². The van der Waals surface area contributed by atoms with Crippen LogP contribution in [0.4, 0.5) is 0 Å². The standard InChI is InChI=1S/C8H14N4O2S3/c1-6(2)12-7(5-9-11-12)17(13,14)10-8(15-3)16-4/h5-6H,1-4H3. The van der Waals surface area contributed by atoms with Gasteiger partial charge in [-0.2, -0.15) is 8.42 Å². The van der Waals surface area contributed by atoms with Crippen LogP contribution < -0.4 is 0 Å². The molecule has 0 bridgehead atoms. The fraction of sp³-hybridized carbons (Fsp3) is 0.625. The molecule has 0 aromatic carbocycles. The lowest BCUT2D eigenvalue weighted by Crippen LogP contribution is -2.12. The molecular formula is C8H14N4O2S3. The highest BCUT2D eigenvalue weighted by Gasteiger charge is 2.21. The highest BCUT2D eigenvalue weighted by Crippen LogP contribution is 2.19. The Kier molecular flexibility index (Phi) is 5.02. The largest absolute Gasteiger partial charge is 0.302 e. The maximum Gasteiger partial charge on any atom is 0.302 e. The lowest BCUT2D eigenvalue weighted by atomic mass is 10.4. The van der Waals surface area contributed by atoms with E-state index in [1.165, 1.54) is 34.4 Å². The first-order valence-corrected chi connectivity index (χ1v) is 8.64. The van der Waals surface area contributed by atoms with Gasteiger partial charge < -0.3 is 0 Å². The van der Waals surface area contributed by atoms with E-state index >= 15 is 0 Å². The van der Waals surface area contributed by atoms with Crippen molar-refractivity contribution in [2.45, 2.75) is 24.9 Å². The number of sulfonamides is 1. The monoisotopic (exact) mass is 294 g/mol. The molecule has 0 amide bonds. The summed E-state index contributed by atoms with van der Waals surface area (Å²) < 4.78 is 29.6. The second kappa shape index (κ2) is 5.87. The molecule has 17 heavy (non-hydrogen) atoms. The van der Waals surface area contributed by atoms with Crippen LogP contribution in [0.5, 0.6) is 0 Å². The van der Waals surface area contributed by atoms with E-state index < -0.39 is 10.0 Å². The summed E-state index contributed by atoms with van der Waals surface area (Å²) in [4.78, 5) is 0. The Balaban J connectivity index is 3.23. The van der Waals surface area contributed by atoms with Crippen molar-refractivity contribution in [3.8, 4) is 0 Å². The summed E-state index contributed by atoms with van der Waals surface area (Å²) in [5.41, 5.74) is 0. The molecule has 1 heterocycles. The van der Waals surface area contributed by atoms with Crippen molar-refractivity contribution in [3.05, 3.63) is 6.20 Å². The number of aromatic nitrogens is 3. The van der Waals surface area contributed by atoms with Gasteiger partial charge in [-0.1, -0.05) is 5.21 Å². The molecular weight excluding hydrogens is 280 g/mol. The maximum atomic E-state index is 12.0. The predicted octanol–water partition coefficient (Wildman–Crippen LogP) is 1.63. The van der Waals surface area contributed by atoms with Gasteiger partial charge in [0.05, 0.1) is 6.20 Å². The molecule has 0 saturated heterocycles. The minimum Gasteiger partial charge on any atom is -0.230 e. The SMILES string of the molecule is CSC(=NS(=O)(=O)c1cnnn1C(C)C)SC. The molecule has 0 spiro atoms. The van der Waals surface area contributed by atoms with E-state index in [9.17, 15) is 8.42 Å². The summed E-state index contributed by atoms with van der Waals surface area (Å²) in [7, 11) is -3.73. The van der Waals surface area contributed by atoms with Crippen LogP contribution in [0, 0.1) is 0 Å². The Morgan fingerprint density at radius 1 is 1.41 bits per heavy atom. The van der Waals surface area contributed by atoms with Crippen LogP contribution in [0.2, 0.25) is 0 Å². The van der Waals surface area contributed by atoms with E-state index in [0.29, 0.717) is 4.38 Å².